The van der Waals surface area contributed by atoms with Crippen molar-refractivity contribution in [1.82, 2.24) is 0 Å². The highest BCUT2D eigenvalue weighted by Crippen LogP contribution is 2.11. The second-order valence-corrected chi connectivity index (χ2v) is 3.46. The minimum Gasteiger partial charge on any atom is -0.303 e. The fraction of sp³-hybridized carbons (Fsp3) is 0.571. The zero-order valence-corrected chi connectivity index (χ0v) is 7.56. The smallest absolute Gasteiger partial charge is 0.119 e. The summed E-state index contributed by atoms with van der Waals surface area (Å²) in [6.45, 7) is 3.75. The van der Waals surface area contributed by atoms with Crippen LogP contribution in [-0.2, 0) is 4.79 Å². The van der Waals surface area contributed by atoms with Gasteiger partial charge in [-0.15, -0.1) is 0 Å². The van der Waals surface area contributed by atoms with Crippen LogP contribution in [0.2, 0.25) is 0 Å². The Balaban J connectivity index is 2.91. The van der Waals surface area contributed by atoms with E-state index in [2.05, 4.69) is 29.2 Å². The van der Waals surface area contributed by atoms with E-state index in [1.165, 1.54) is 3.58 Å². The lowest BCUT2D eigenvalue weighted by Gasteiger charge is -1.93. The molecule has 0 amide bonds. The summed E-state index contributed by atoms with van der Waals surface area (Å²) in [7, 11) is 0. The number of halogens is 1. The SMILES string of the molecule is C=C(I)CCCCC=O. The molecule has 0 radical (unpaired) electrons. The fourth-order valence-corrected chi connectivity index (χ4v) is 0.926. The highest BCUT2D eigenvalue weighted by molar-refractivity contribution is 14.1. The summed E-state index contributed by atoms with van der Waals surface area (Å²) in [5, 5.41) is 0. The Morgan fingerprint density at radius 1 is 1.56 bits per heavy atom. The molecule has 0 bridgehead atoms. The largest absolute Gasteiger partial charge is 0.303 e. The molecule has 0 unspecified atom stereocenters. The lowest BCUT2D eigenvalue weighted by atomic mass is 10.2. The van der Waals surface area contributed by atoms with Crippen molar-refractivity contribution in [3.63, 3.8) is 0 Å². The molecule has 0 atom stereocenters. The third kappa shape index (κ3) is 8.14. The molecule has 2 heteroatoms. The maximum Gasteiger partial charge on any atom is 0.119 e. The van der Waals surface area contributed by atoms with E-state index in [-0.39, 0.29) is 0 Å². The first-order valence-corrected chi connectivity index (χ1v) is 4.12. The Bertz CT molecular complexity index is 99.1. The molecule has 0 spiro atoms. The lowest BCUT2D eigenvalue weighted by Crippen LogP contribution is -1.77. The fourth-order valence-electron chi connectivity index (χ4n) is 0.544. The van der Waals surface area contributed by atoms with Crippen LogP contribution in [0.5, 0.6) is 0 Å². The topological polar surface area (TPSA) is 17.1 Å². The number of allylic oxidation sites excluding steroid dienone is 1. The number of hydrogen-bond acceptors (Lipinski definition) is 1. The molecule has 0 aliphatic rings. The molecule has 0 aromatic carbocycles. The van der Waals surface area contributed by atoms with E-state index >= 15 is 0 Å². The van der Waals surface area contributed by atoms with Gasteiger partial charge < -0.3 is 4.79 Å². The molecule has 0 aliphatic heterocycles. The third-order valence-electron chi connectivity index (χ3n) is 1.02. The van der Waals surface area contributed by atoms with Gasteiger partial charge in [0.15, 0.2) is 0 Å². The quantitative estimate of drug-likeness (QED) is 0.409. The van der Waals surface area contributed by atoms with Gasteiger partial charge in [-0.3, -0.25) is 0 Å². The van der Waals surface area contributed by atoms with Crippen LogP contribution in [0.15, 0.2) is 10.2 Å². The zero-order chi connectivity index (χ0) is 7.11. The average molecular weight is 238 g/mol. The van der Waals surface area contributed by atoms with Gasteiger partial charge in [0.05, 0.1) is 0 Å². The monoisotopic (exact) mass is 238 g/mol. The van der Waals surface area contributed by atoms with Gasteiger partial charge in [-0.2, -0.15) is 0 Å². The summed E-state index contributed by atoms with van der Waals surface area (Å²) in [6.07, 6.45) is 4.82. The van der Waals surface area contributed by atoms with Crippen LogP contribution in [0.3, 0.4) is 0 Å². The normalized spacial score (nSPS) is 9.00. The first kappa shape index (κ1) is 9.14. The van der Waals surface area contributed by atoms with Gasteiger partial charge in [-0.05, 0) is 45.4 Å². The molecule has 0 saturated carbocycles. The first-order chi connectivity index (χ1) is 4.27. The van der Waals surface area contributed by atoms with Crippen molar-refractivity contribution in [2.75, 3.05) is 0 Å². The number of carbonyl (C=O) groups is 1. The Kier molecular flexibility index (Phi) is 6.36. The van der Waals surface area contributed by atoms with Gasteiger partial charge in [-0.25, -0.2) is 0 Å². The average Bonchev–Trinajstić information content (AvgIpc) is 1.80. The molecule has 0 heterocycles. The Morgan fingerprint density at radius 3 is 2.67 bits per heavy atom. The summed E-state index contributed by atoms with van der Waals surface area (Å²) in [5.74, 6) is 0. The summed E-state index contributed by atoms with van der Waals surface area (Å²) >= 11 is 2.21. The van der Waals surface area contributed by atoms with Crippen molar-refractivity contribution in [3.05, 3.63) is 10.2 Å². The van der Waals surface area contributed by atoms with Crippen LogP contribution < -0.4 is 0 Å². The number of rotatable bonds is 5. The van der Waals surface area contributed by atoms with E-state index in [0.717, 1.165) is 25.5 Å². The van der Waals surface area contributed by atoms with Gasteiger partial charge in [-0.1, -0.05) is 6.58 Å². The van der Waals surface area contributed by atoms with E-state index in [1.807, 2.05) is 0 Å². The zero-order valence-electron chi connectivity index (χ0n) is 5.40. The summed E-state index contributed by atoms with van der Waals surface area (Å²) in [4.78, 5) is 9.83. The van der Waals surface area contributed by atoms with E-state index in [1.54, 1.807) is 0 Å². The molecule has 9 heavy (non-hydrogen) atoms. The van der Waals surface area contributed by atoms with Crippen LogP contribution in [0.1, 0.15) is 25.7 Å². The van der Waals surface area contributed by atoms with E-state index in [0.29, 0.717) is 6.42 Å². The van der Waals surface area contributed by atoms with Gasteiger partial charge >= 0.3 is 0 Å². The van der Waals surface area contributed by atoms with Crippen LogP contribution >= 0.6 is 22.6 Å². The number of carbonyl (C=O) groups excluding carboxylic acids is 1. The minimum absolute atomic E-state index is 0.698. The minimum atomic E-state index is 0.698. The third-order valence-corrected chi connectivity index (χ3v) is 1.56. The van der Waals surface area contributed by atoms with Crippen molar-refractivity contribution in [2.24, 2.45) is 0 Å². The van der Waals surface area contributed by atoms with Crippen molar-refractivity contribution in [2.45, 2.75) is 25.7 Å². The summed E-state index contributed by atoms with van der Waals surface area (Å²) in [5.41, 5.74) is 0. The van der Waals surface area contributed by atoms with Gasteiger partial charge in [0.2, 0.25) is 0 Å². The second kappa shape index (κ2) is 6.26. The molecule has 0 rings (SSSR count). The Labute approximate surface area is 69.7 Å². The molecule has 1 nitrogen and oxygen atoms in total. The lowest BCUT2D eigenvalue weighted by molar-refractivity contribution is -0.107. The molecular weight excluding hydrogens is 227 g/mol. The van der Waals surface area contributed by atoms with Crippen molar-refractivity contribution < 1.29 is 4.79 Å². The summed E-state index contributed by atoms with van der Waals surface area (Å²) < 4.78 is 1.18. The van der Waals surface area contributed by atoms with Crippen molar-refractivity contribution in [3.8, 4) is 0 Å². The predicted molar refractivity (Wildman–Crippen MR) is 47.7 cm³/mol. The molecule has 52 valence electrons. The first-order valence-electron chi connectivity index (χ1n) is 3.04. The Hall–Kier alpha value is 0.140. The van der Waals surface area contributed by atoms with Crippen LogP contribution in [0.25, 0.3) is 0 Å². The Morgan fingerprint density at radius 2 is 2.22 bits per heavy atom. The molecule has 0 aliphatic carbocycles. The molecule has 0 aromatic rings. The maximum absolute atomic E-state index is 9.83. The van der Waals surface area contributed by atoms with Crippen molar-refractivity contribution in [1.29, 1.82) is 0 Å². The van der Waals surface area contributed by atoms with Crippen LogP contribution in [-0.4, -0.2) is 6.29 Å². The molecule has 0 fully saturated rings. The molecule has 0 aromatic heterocycles. The van der Waals surface area contributed by atoms with Crippen LogP contribution in [0.4, 0.5) is 0 Å². The number of unbranched alkanes of at least 4 members (excludes halogenated alkanes) is 2. The van der Waals surface area contributed by atoms with Crippen molar-refractivity contribution >= 4 is 28.9 Å². The van der Waals surface area contributed by atoms with Crippen LogP contribution in [0, 0.1) is 0 Å². The highest BCUT2D eigenvalue weighted by Gasteiger charge is 1.88. The molecule has 0 saturated heterocycles. The van der Waals surface area contributed by atoms with Gasteiger partial charge in [0.1, 0.15) is 6.29 Å². The molecular formula is C7H11IO. The predicted octanol–water partition coefficient (Wildman–Crippen LogP) is 2.69. The van der Waals surface area contributed by atoms with E-state index in [9.17, 15) is 4.79 Å². The van der Waals surface area contributed by atoms with Gasteiger partial charge in [0, 0.05) is 6.42 Å². The number of hydrogen-bond donors (Lipinski definition) is 0. The number of aldehydes is 1. The highest BCUT2D eigenvalue weighted by atomic mass is 127. The van der Waals surface area contributed by atoms with Gasteiger partial charge in [0.25, 0.3) is 0 Å². The molecule has 0 N–H and O–H groups in total. The second-order valence-electron chi connectivity index (χ2n) is 1.93. The van der Waals surface area contributed by atoms with E-state index < -0.39 is 0 Å². The standard InChI is InChI=1S/C7H11IO/c1-7(8)5-3-2-4-6-9/h6H,1-5H2. The van der Waals surface area contributed by atoms with E-state index in [4.69, 9.17) is 0 Å². The summed E-state index contributed by atoms with van der Waals surface area (Å²) in [6, 6.07) is 0. The maximum atomic E-state index is 9.83.